The van der Waals surface area contributed by atoms with Gasteiger partial charge in [-0.05, 0) is 58.6 Å². The summed E-state index contributed by atoms with van der Waals surface area (Å²) in [5.74, 6) is -0.601. The van der Waals surface area contributed by atoms with Gasteiger partial charge < -0.3 is 15.1 Å². The summed E-state index contributed by atoms with van der Waals surface area (Å²) in [6.45, 7) is 6.27. The van der Waals surface area contributed by atoms with Gasteiger partial charge in [-0.1, -0.05) is 5.21 Å². The first kappa shape index (κ1) is 28.7. The second kappa shape index (κ2) is 11.1. The number of anilines is 2. The van der Waals surface area contributed by atoms with Crippen LogP contribution in [0.5, 0.6) is 0 Å². The number of likely N-dealkylation sites (N-methyl/N-ethyl adjacent to an activating group) is 2. The molecule has 1 N–H and O–H groups in total. The molecule has 0 atom stereocenters. The summed E-state index contributed by atoms with van der Waals surface area (Å²) in [5.41, 5.74) is 3.31. The number of nitrogens with one attached hydrogen (secondary N) is 1. The molecule has 0 aliphatic carbocycles. The van der Waals surface area contributed by atoms with Crippen molar-refractivity contribution < 1.29 is 18.0 Å². The average molecular weight is 556 g/mol. The Labute approximate surface area is 230 Å². The van der Waals surface area contributed by atoms with Gasteiger partial charge in [-0.25, -0.2) is 4.68 Å². The van der Waals surface area contributed by atoms with E-state index in [9.17, 15) is 18.0 Å². The SMILES string of the molecule is Cc1ncc(C(=O)Nc2cc(N(C)CCN(C)C)c(C)c(C(F)(F)F)c2)cc1-n1cc(-c2cnn(C)c2C)nn1. The number of carbonyl (C=O) groups is 1. The van der Waals surface area contributed by atoms with Crippen LogP contribution in [0.15, 0.2) is 36.8 Å². The Kier molecular flexibility index (Phi) is 7.96. The fourth-order valence-electron chi connectivity index (χ4n) is 4.27. The maximum atomic E-state index is 13.9. The number of nitrogens with zero attached hydrogens (tertiary/aromatic N) is 8. The Morgan fingerprint density at radius 1 is 1.05 bits per heavy atom. The molecule has 13 heteroatoms. The van der Waals surface area contributed by atoms with Crippen LogP contribution in [0.2, 0.25) is 0 Å². The highest BCUT2D eigenvalue weighted by Crippen LogP contribution is 2.38. The Hall–Kier alpha value is -4.26. The van der Waals surface area contributed by atoms with Gasteiger partial charge in [0.05, 0.1) is 34.9 Å². The largest absolute Gasteiger partial charge is 0.416 e. The van der Waals surface area contributed by atoms with E-state index in [-0.39, 0.29) is 16.8 Å². The van der Waals surface area contributed by atoms with Crippen LogP contribution >= 0.6 is 0 Å². The molecular weight excluding hydrogens is 523 g/mol. The Morgan fingerprint density at radius 3 is 2.40 bits per heavy atom. The molecule has 4 rings (SSSR count). The molecule has 10 nitrogen and oxygen atoms in total. The van der Waals surface area contributed by atoms with Crippen molar-refractivity contribution in [1.82, 2.24) is 34.7 Å². The molecule has 1 amide bonds. The van der Waals surface area contributed by atoms with Gasteiger partial charge in [0.25, 0.3) is 5.91 Å². The van der Waals surface area contributed by atoms with Crippen LogP contribution in [0.4, 0.5) is 24.5 Å². The summed E-state index contributed by atoms with van der Waals surface area (Å²) < 4.78 is 45.0. The molecule has 0 fully saturated rings. The van der Waals surface area contributed by atoms with Crippen molar-refractivity contribution in [2.24, 2.45) is 7.05 Å². The zero-order valence-corrected chi connectivity index (χ0v) is 23.5. The van der Waals surface area contributed by atoms with E-state index in [1.807, 2.05) is 33.0 Å². The predicted molar refractivity (Wildman–Crippen MR) is 147 cm³/mol. The van der Waals surface area contributed by atoms with E-state index < -0.39 is 17.6 Å². The van der Waals surface area contributed by atoms with Crippen molar-refractivity contribution in [3.05, 3.63) is 64.9 Å². The normalized spacial score (nSPS) is 11.8. The second-order valence-electron chi connectivity index (χ2n) is 9.99. The number of pyridine rings is 1. The molecule has 40 heavy (non-hydrogen) atoms. The maximum absolute atomic E-state index is 13.9. The first-order valence-electron chi connectivity index (χ1n) is 12.5. The number of halogens is 3. The predicted octanol–water partition coefficient (Wildman–Crippen LogP) is 4.26. The molecule has 212 valence electrons. The molecule has 0 spiro atoms. The van der Waals surface area contributed by atoms with Crippen LogP contribution in [0.25, 0.3) is 16.9 Å². The van der Waals surface area contributed by atoms with Crippen molar-refractivity contribution >= 4 is 17.3 Å². The van der Waals surface area contributed by atoms with Gasteiger partial charge >= 0.3 is 6.18 Å². The van der Waals surface area contributed by atoms with Gasteiger partial charge in [0.2, 0.25) is 0 Å². The van der Waals surface area contributed by atoms with E-state index in [1.54, 1.807) is 48.1 Å². The van der Waals surface area contributed by atoms with Gasteiger partial charge in [-0.3, -0.25) is 14.5 Å². The van der Waals surface area contributed by atoms with Gasteiger partial charge in [0.15, 0.2) is 0 Å². The van der Waals surface area contributed by atoms with E-state index >= 15 is 0 Å². The van der Waals surface area contributed by atoms with Crippen molar-refractivity contribution in [3.8, 4) is 16.9 Å². The number of amides is 1. The molecule has 4 aromatic rings. The highest BCUT2D eigenvalue weighted by molar-refractivity contribution is 6.04. The van der Waals surface area contributed by atoms with Crippen LogP contribution in [0.1, 0.15) is 32.9 Å². The molecule has 0 saturated carbocycles. The lowest BCUT2D eigenvalue weighted by atomic mass is 10.0. The molecule has 3 aromatic heterocycles. The van der Waals surface area contributed by atoms with E-state index in [0.29, 0.717) is 35.9 Å². The lowest BCUT2D eigenvalue weighted by molar-refractivity contribution is -0.138. The molecule has 0 bridgehead atoms. The number of hydrogen-bond donors (Lipinski definition) is 1. The molecule has 0 unspecified atom stereocenters. The van der Waals surface area contributed by atoms with Crippen LogP contribution < -0.4 is 10.2 Å². The minimum absolute atomic E-state index is 0.0341. The van der Waals surface area contributed by atoms with Crippen molar-refractivity contribution in [2.75, 3.05) is 44.4 Å². The summed E-state index contributed by atoms with van der Waals surface area (Å²) in [7, 11) is 7.34. The molecule has 0 aliphatic heterocycles. The minimum Gasteiger partial charge on any atom is -0.373 e. The topological polar surface area (TPSA) is 97.0 Å². The van der Waals surface area contributed by atoms with E-state index in [0.717, 1.165) is 17.3 Å². The standard InChI is InChI=1S/C27H32F3N9O/c1-16-22(27(28,29)30)11-20(12-24(16)37(6)9-8-36(4)5)33-26(40)19-10-25(17(2)31-13-19)39-15-23(34-35-39)21-14-32-38(7)18(21)3/h10-15H,8-9H2,1-7H3,(H,33,40). The number of rotatable bonds is 8. The van der Waals surface area contributed by atoms with E-state index in [2.05, 4.69) is 25.7 Å². The summed E-state index contributed by atoms with van der Waals surface area (Å²) in [4.78, 5) is 21.2. The number of hydrogen-bond acceptors (Lipinski definition) is 7. The third kappa shape index (κ3) is 5.98. The second-order valence-corrected chi connectivity index (χ2v) is 9.99. The molecule has 0 saturated heterocycles. The zero-order valence-electron chi connectivity index (χ0n) is 23.5. The highest BCUT2D eigenvalue weighted by atomic mass is 19.4. The zero-order chi connectivity index (χ0) is 29.4. The third-order valence-electron chi connectivity index (χ3n) is 6.81. The minimum atomic E-state index is -4.59. The Balaban J connectivity index is 1.64. The van der Waals surface area contributed by atoms with Crippen LogP contribution in [0, 0.1) is 20.8 Å². The Morgan fingerprint density at radius 2 is 1.77 bits per heavy atom. The number of carbonyl (C=O) groups excluding carboxylic acids is 1. The van der Waals surface area contributed by atoms with Crippen LogP contribution in [-0.2, 0) is 13.2 Å². The molecular formula is C27H32F3N9O. The number of aromatic nitrogens is 6. The molecule has 0 aliphatic rings. The van der Waals surface area contributed by atoms with Gasteiger partial charge in [0, 0.05) is 56.0 Å². The fourth-order valence-corrected chi connectivity index (χ4v) is 4.27. The van der Waals surface area contributed by atoms with Crippen molar-refractivity contribution in [3.63, 3.8) is 0 Å². The third-order valence-corrected chi connectivity index (χ3v) is 6.81. The van der Waals surface area contributed by atoms with Crippen LogP contribution in [0.3, 0.4) is 0 Å². The van der Waals surface area contributed by atoms with Crippen molar-refractivity contribution in [2.45, 2.75) is 26.9 Å². The maximum Gasteiger partial charge on any atom is 0.416 e. The highest BCUT2D eigenvalue weighted by Gasteiger charge is 2.34. The summed E-state index contributed by atoms with van der Waals surface area (Å²) >= 11 is 0. The Bertz CT molecular complexity index is 1540. The van der Waals surface area contributed by atoms with E-state index in [1.165, 1.54) is 17.8 Å². The first-order valence-corrected chi connectivity index (χ1v) is 12.5. The monoisotopic (exact) mass is 555 g/mol. The summed E-state index contributed by atoms with van der Waals surface area (Å²) in [6, 6.07) is 4.09. The lowest BCUT2D eigenvalue weighted by Crippen LogP contribution is -2.29. The molecule has 3 heterocycles. The van der Waals surface area contributed by atoms with Gasteiger partial charge in [-0.15, -0.1) is 5.10 Å². The average Bonchev–Trinajstić information content (AvgIpc) is 3.49. The lowest BCUT2D eigenvalue weighted by Gasteiger charge is -2.26. The van der Waals surface area contributed by atoms with Gasteiger partial charge in [0.1, 0.15) is 5.69 Å². The van der Waals surface area contributed by atoms with Crippen molar-refractivity contribution in [1.29, 1.82) is 0 Å². The first-order chi connectivity index (χ1) is 18.8. The molecule has 1 aromatic carbocycles. The van der Waals surface area contributed by atoms with Crippen LogP contribution in [-0.4, -0.2) is 74.8 Å². The number of alkyl halides is 3. The quantitative estimate of drug-likeness (QED) is 0.347. The fraction of sp³-hybridized carbons (Fsp3) is 0.370. The number of aryl methyl sites for hydroxylation is 2. The smallest absolute Gasteiger partial charge is 0.373 e. The number of benzene rings is 1. The van der Waals surface area contributed by atoms with Gasteiger partial charge in [-0.2, -0.15) is 18.3 Å². The summed E-state index contributed by atoms with van der Waals surface area (Å²) in [6.07, 6.45) is 0.195. The van der Waals surface area contributed by atoms with E-state index in [4.69, 9.17) is 0 Å². The summed E-state index contributed by atoms with van der Waals surface area (Å²) in [5, 5.41) is 15.3. The molecule has 0 radical (unpaired) electrons.